The topological polar surface area (TPSA) is 69.6 Å². The largest absolute Gasteiger partial charge is 0.394 e. The van der Waals surface area contributed by atoms with Crippen LogP contribution in [0.4, 0.5) is 0 Å². The summed E-state index contributed by atoms with van der Waals surface area (Å²) in [6.07, 6.45) is 87.7. The van der Waals surface area contributed by atoms with E-state index in [-0.39, 0.29) is 12.5 Å². The van der Waals surface area contributed by atoms with Gasteiger partial charge in [0.05, 0.1) is 18.8 Å². The summed E-state index contributed by atoms with van der Waals surface area (Å²) < 4.78 is 0. The Morgan fingerprint density at radius 2 is 0.638 bits per heavy atom. The lowest BCUT2D eigenvalue weighted by atomic mass is 10.0. The van der Waals surface area contributed by atoms with Gasteiger partial charge in [0, 0.05) is 6.42 Å². The van der Waals surface area contributed by atoms with Crippen LogP contribution in [0.25, 0.3) is 0 Å². The smallest absolute Gasteiger partial charge is 0.220 e. The van der Waals surface area contributed by atoms with Crippen molar-refractivity contribution in [3.63, 3.8) is 0 Å². The fraction of sp³-hybridized carbons (Fsp3) is 0.769. The fourth-order valence-electron chi connectivity index (χ4n) is 9.07. The van der Waals surface area contributed by atoms with Crippen LogP contribution in [0.1, 0.15) is 303 Å². The molecular formula is C65H117NO3. The molecule has 0 fully saturated rings. The van der Waals surface area contributed by atoms with Crippen molar-refractivity contribution in [3.8, 4) is 0 Å². The number of amides is 1. The number of nitrogens with one attached hydrogen (secondary N) is 1. The van der Waals surface area contributed by atoms with Gasteiger partial charge in [-0.2, -0.15) is 0 Å². The maximum absolute atomic E-state index is 12.5. The summed E-state index contributed by atoms with van der Waals surface area (Å²) in [6, 6.07) is -0.623. The Balaban J connectivity index is 3.44. The normalized spacial score (nSPS) is 13.4. The average molecular weight is 961 g/mol. The van der Waals surface area contributed by atoms with E-state index in [1.54, 1.807) is 6.08 Å². The molecule has 2 atom stereocenters. The first-order valence-electron chi connectivity index (χ1n) is 30.3. The Morgan fingerprint density at radius 1 is 0.362 bits per heavy atom. The van der Waals surface area contributed by atoms with Crippen LogP contribution in [-0.4, -0.2) is 34.9 Å². The van der Waals surface area contributed by atoms with Gasteiger partial charge >= 0.3 is 0 Å². The molecule has 400 valence electrons. The van der Waals surface area contributed by atoms with E-state index in [0.29, 0.717) is 6.42 Å². The number of hydrogen-bond donors (Lipinski definition) is 3. The highest BCUT2D eigenvalue weighted by atomic mass is 16.3. The van der Waals surface area contributed by atoms with E-state index < -0.39 is 12.1 Å². The van der Waals surface area contributed by atoms with Crippen molar-refractivity contribution < 1.29 is 15.0 Å². The fourth-order valence-corrected chi connectivity index (χ4v) is 9.07. The van der Waals surface area contributed by atoms with Crippen LogP contribution >= 0.6 is 0 Å². The van der Waals surface area contributed by atoms with E-state index >= 15 is 0 Å². The first-order valence-corrected chi connectivity index (χ1v) is 30.3. The van der Waals surface area contributed by atoms with E-state index in [9.17, 15) is 15.0 Å². The lowest BCUT2D eigenvalue weighted by molar-refractivity contribution is -0.123. The zero-order chi connectivity index (χ0) is 49.9. The number of carbonyl (C=O) groups is 1. The summed E-state index contributed by atoms with van der Waals surface area (Å²) in [4.78, 5) is 12.5. The Bertz CT molecular complexity index is 1230. The van der Waals surface area contributed by atoms with Gasteiger partial charge < -0.3 is 15.5 Å². The van der Waals surface area contributed by atoms with Crippen LogP contribution < -0.4 is 5.32 Å². The molecule has 0 aliphatic carbocycles. The molecule has 0 saturated heterocycles. The van der Waals surface area contributed by atoms with Gasteiger partial charge in [0.25, 0.3) is 0 Å². The summed E-state index contributed by atoms with van der Waals surface area (Å²) in [6.45, 7) is 4.21. The summed E-state index contributed by atoms with van der Waals surface area (Å²) in [7, 11) is 0. The van der Waals surface area contributed by atoms with Gasteiger partial charge in [-0.3, -0.25) is 4.79 Å². The molecule has 0 saturated carbocycles. The van der Waals surface area contributed by atoms with Crippen molar-refractivity contribution in [1.82, 2.24) is 5.32 Å². The molecular weight excluding hydrogens is 843 g/mol. The van der Waals surface area contributed by atoms with Crippen molar-refractivity contribution in [1.29, 1.82) is 0 Å². The molecule has 69 heavy (non-hydrogen) atoms. The van der Waals surface area contributed by atoms with Crippen molar-refractivity contribution >= 4 is 5.91 Å². The first kappa shape index (κ1) is 66.6. The van der Waals surface area contributed by atoms with Gasteiger partial charge in [-0.15, -0.1) is 0 Å². The minimum Gasteiger partial charge on any atom is -0.394 e. The molecule has 1 amide bonds. The zero-order valence-electron chi connectivity index (χ0n) is 46.1. The molecule has 3 N–H and O–H groups in total. The molecule has 0 aromatic carbocycles. The van der Waals surface area contributed by atoms with Gasteiger partial charge in [0.15, 0.2) is 0 Å². The van der Waals surface area contributed by atoms with Crippen LogP contribution in [0.2, 0.25) is 0 Å². The highest BCUT2D eigenvalue weighted by Crippen LogP contribution is 2.17. The molecule has 0 aromatic heterocycles. The summed E-state index contributed by atoms with van der Waals surface area (Å²) in [5, 5.41) is 23.2. The van der Waals surface area contributed by atoms with Crippen molar-refractivity contribution in [2.24, 2.45) is 0 Å². The predicted octanol–water partition coefficient (Wildman–Crippen LogP) is 20.3. The molecule has 0 bridgehead atoms. The molecule has 4 nitrogen and oxygen atoms in total. The molecule has 0 aliphatic rings. The Labute approximate surface area is 431 Å². The van der Waals surface area contributed by atoms with E-state index in [4.69, 9.17) is 0 Å². The minimum atomic E-state index is -0.840. The van der Waals surface area contributed by atoms with Crippen LogP contribution in [-0.2, 0) is 4.79 Å². The quantitative estimate of drug-likeness (QED) is 0.0420. The van der Waals surface area contributed by atoms with E-state index in [1.165, 1.54) is 218 Å². The van der Waals surface area contributed by atoms with Gasteiger partial charge in [-0.05, 0) is 70.6 Å². The number of unbranched alkanes of at least 4 members (excludes halogenated alkanes) is 36. The summed E-state index contributed by atoms with van der Waals surface area (Å²) in [5.41, 5.74) is 0. The van der Waals surface area contributed by atoms with Crippen LogP contribution in [0.5, 0.6) is 0 Å². The van der Waals surface area contributed by atoms with Gasteiger partial charge in [-0.25, -0.2) is 0 Å². The summed E-state index contributed by atoms with van der Waals surface area (Å²) >= 11 is 0. The standard InChI is InChI=1S/C65H117NO3/c1-3-5-7-9-11-13-15-17-19-21-22-23-24-25-26-27-28-29-30-31-32-33-34-35-36-37-38-39-40-41-42-43-44-45-47-49-51-53-55-57-59-61-65(69)66-63(62-67)64(68)60-58-56-54-52-50-48-46-20-18-16-14-12-10-8-6-4-2/h5,7,11,13,17,19,22-23,25-26,28-29,58,60,63-64,67-68H,3-4,6,8-10,12,14-16,18,20-21,24,27,30-57,59,61-62H2,1-2H3,(H,66,69)/b7-5-,13-11-,19-17-,23-22-,26-25-,29-28-,60-58+. The van der Waals surface area contributed by atoms with Crippen LogP contribution in [0.15, 0.2) is 85.1 Å². The van der Waals surface area contributed by atoms with E-state index in [2.05, 4.69) is 92.1 Å². The lowest BCUT2D eigenvalue weighted by Crippen LogP contribution is -2.45. The third-order valence-corrected chi connectivity index (χ3v) is 13.6. The second-order valence-electron chi connectivity index (χ2n) is 20.4. The van der Waals surface area contributed by atoms with Crippen LogP contribution in [0, 0.1) is 0 Å². The third-order valence-electron chi connectivity index (χ3n) is 13.6. The number of aliphatic hydroxyl groups is 2. The highest BCUT2D eigenvalue weighted by molar-refractivity contribution is 5.76. The number of aliphatic hydroxyl groups excluding tert-OH is 2. The van der Waals surface area contributed by atoms with E-state index in [0.717, 1.165) is 64.2 Å². The molecule has 4 heteroatoms. The minimum absolute atomic E-state index is 0.0609. The van der Waals surface area contributed by atoms with Gasteiger partial charge in [-0.1, -0.05) is 311 Å². The first-order chi connectivity index (χ1) is 34.2. The second kappa shape index (κ2) is 59.9. The molecule has 0 heterocycles. The molecule has 0 rings (SSSR count). The van der Waals surface area contributed by atoms with Crippen molar-refractivity contribution in [2.75, 3.05) is 6.61 Å². The number of hydrogen-bond acceptors (Lipinski definition) is 3. The number of allylic oxidation sites excluding steroid dienone is 13. The van der Waals surface area contributed by atoms with Crippen molar-refractivity contribution in [3.05, 3.63) is 85.1 Å². The average Bonchev–Trinajstić information content (AvgIpc) is 3.35. The molecule has 0 radical (unpaired) electrons. The highest BCUT2D eigenvalue weighted by Gasteiger charge is 2.18. The molecule has 0 aliphatic heterocycles. The third kappa shape index (κ3) is 56.4. The summed E-state index contributed by atoms with van der Waals surface area (Å²) in [5.74, 6) is -0.0609. The second-order valence-corrected chi connectivity index (χ2v) is 20.4. The number of carbonyl (C=O) groups excluding carboxylic acids is 1. The van der Waals surface area contributed by atoms with Crippen molar-refractivity contribution in [2.45, 2.75) is 315 Å². The lowest BCUT2D eigenvalue weighted by Gasteiger charge is -2.20. The molecule has 0 aromatic rings. The maximum Gasteiger partial charge on any atom is 0.220 e. The zero-order valence-corrected chi connectivity index (χ0v) is 46.1. The predicted molar refractivity (Wildman–Crippen MR) is 308 cm³/mol. The Kier molecular flexibility index (Phi) is 57.8. The molecule has 2 unspecified atom stereocenters. The monoisotopic (exact) mass is 960 g/mol. The Morgan fingerprint density at radius 3 is 0.957 bits per heavy atom. The number of rotatable bonds is 55. The Hall–Kier alpha value is -2.43. The SMILES string of the molecule is CC/C=C\C/C=C\C/C=C\C/C=C\C/C=C\C/C=C\CCCCCCCCCCCCCCCCCCCCCCCCC(=O)NC(CO)C(O)/C=C/CCCCCCCCCCCCCCCC. The maximum atomic E-state index is 12.5. The van der Waals surface area contributed by atoms with Gasteiger partial charge in [0.1, 0.15) is 0 Å². The molecule has 0 spiro atoms. The van der Waals surface area contributed by atoms with Gasteiger partial charge in [0.2, 0.25) is 5.91 Å². The van der Waals surface area contributed by atoms with E-state index in [1.807, 2.05) is 6.08 Å². The van der Waals surface area contributed by atoms with Crippen LogP contribution in [0.3, 0.4) is 0 Å².